The first-order valence-electron chi connectivity index (χ1n) is 8.22. The van der Waals surface area contributed by atoms with Crippen molar-refractivity contribution >= 4 is 10.9 Å². The average molecular weight is 338 g/mol. The summed E-state index contributed by atoms with van der Waals surface area (Å²) in [6.07, 6.45) is 2.20. The van der Waals surface area contributed by atoms with Crippen LogP contribution < -0.4 is 15.0 Å². The van der Waals surface area contributed by atoms with Crippen LogP contribution in [-0.2, 0) is 11.3 Å². The Hall–Kier alpha value is -2.86. The fraction of sp³-hybridized carbons (Fsp3) is 0.263. The molecule has 0 unspecified atom stereocenters. The van der Waals surface area contributed by atoms with E-state index in [1.807, 2.05) is 30.3 Å². The predicted octanol–water partition coefficient (Wildman–Crippen LogP) is 2.67. The molecule has 6 nitrogen and oxygen atoms in total. The highest BCUT2D eigenvalue weighted by Crippen LogP contribution is 2.33. The molecule has 1 aromatic heterocycles. The second-order valence-corrected chi connectivity index (χ2v) is 5.93. The van der Waals surface area contributed by atoms with E-state index in [1.54, 1.807) is 12.1 Å². The van der Waals surface area contributed by atoms with Gasteiger partial charge < -0.3 is 19.2 Å². The van der Waals surface area contributed by atoms with Crippen LogP contribution in [0.5, 0.6) is 11.5 Å². The highest BCUT2D eigenvalue weighted by molar-refractivity contribution is 5.81. The van der Waals surface area contributed by atoms with E-state index in [0.717, 1.165) is 12.0 Å². The Bertz CT molecular complexity index is 918. The molecule has 3 aromatic rings. The lowest BCUT2D eigenvalue weighted by Crippen LogP contribution is -2.17. The summed E-state index contributed by atoms with van der Waals surface area (Å²) in [6, 6.07) is 13.3. The Kier molecular flexibility index (Phi) is 4.35. The standard InChI is InChI=1S/C19H18N2O4/c22-19-15-8-17(24-10-13-4-2-1-3-5-13)18(9-16(15)20-12-21-19)25-14-6-7-23-11-14/h1-5,8-9,12,14H,6-7,10-11H2,(H,20,21,22)/t14-/m0/s1. The second-order valence-electron chi connectivity index (χ2n) is 5.93. The number of hydrogen-bond acceptors (Lipinski definition) is 5. The van der Waals surface area contributed by atoms with Gasteiger partial charge >= 0.3 is 0 Å². The molecule has 1 fully saturated rings. The summed E-state index contributed by atoms with van der Waals surface area (Å²) in [6.45, 7) is 1.64. The van der Waals surface area contributed by atoms with Gasteiger partial charge in [-0.05, 0) is 11.6 Å². The molecular weight excluding hydrogens is 320 g/mol. The summed E-state index contributed by atoms with van der Waals surface area (Å²) >= 11 is 0. The third-order valence-corrected chi connectivity index (χ3v) is 4.12. The van der Waals surface area contributed by atoms with Crippen molar-refractivity contribution in [3.8, 4) is 11.5 Å². The van der Waals surface area contributed by atoms with Crippen LogP contribution >= 0.6 is 0 Å². The van der Waals surface area contributed by atoms with Crippen LogP contribution in [0.4, 0.5) is 0 Å². The summed E-state index contributed by atoms with van der Waals surface area (Å²) < 4.78 is 17.4. The Labute approximate surface area is 144 Å². The van der Waals surface area contributed by atoms with E-state index in [-0.39, 0.29) is 11.7 Å². The molecule has 25 heavy (non-hydrogen) atoms. The van der Waals surface area contributed by atoms with Gasteiger partial charge in [-0.2, -0.15) is 0 Å². The Morgan fingerprint density at radius 3 is 2.88 bits per heavy atom. The van der Waals surface area contributed by atoms with Crippen LogP contribution in [0.15, 0.2) is 53.6 Å². The number of nitrogens with zero attached hydrogens (tertiary/aromatic N) is 1. The summed E-state index contributed by atoms with van der Waals surface area (Å²) in [5.74, 6) is 1.11. The van der Waals surface area contributed by atoms with Crippen LogP contribution in [0.2, 0.25) is 0 Å². The lowest BCUT2D eigenvalue weighted by atomic mass is 10.2. The molecule has 2 aromatic carbocycles. The summed E-state index contributed by atoms with van der Waals surface area (Å²) in [5.41, 5.74) is 1.41. The number of rotatable bonds is 5. The molecule has 0 aliphatic carbocycles. The largest absolute Gasteiger partial charge is 0.485 e. The monoisotopic (exact) mass is 338 g/mol. The Balaban J connectivity index is 1.67. The van der Waals surface area contributed by atoms with Crippen LogP contribution in [-0.4, -0.2) is 29.3 Å². The topological polar surface area (TPSA) is 73.4 Å². The number of ether oxygens (including phenoxy) is 3. The number of nitrogens with one attached hydrogen (secondary N) is 1. The van der Waals surface area contributed by atoms with Gasteiger partial charge in [-0.3, -0.25) is 4.79 Å². The number of hydrogen-bond donors (Lipinski definition) is 1. The maximum Gasteiger partial charge on any atom is 0.258 e. The van der Waals surface area contributed by atoms with Gasteiger partial charge in [0.05, 0.1) is 30.4 Å². The maximum absolute atomic E-state index is 12.0. The minimum atomic E-state index is -0.203. The summed E-state index contributed by atoms with van der Waals surface area (Å²) in [4.78, 5) is 18.8. The number of aromatic nitrogens is 2. The van der Waals surface area contributed by atoms with Crippen LogP contribution in [0.1, 0.15) is 12.0 Å². The molecule has 4 rings (SSSR count). The van der Waals surface area contributed by atoms with Gasteiger partial charge in [-0.15, -0.1) is 0 Å². The van der Waals surface area contributed by atoms with Crippen molar-refractivity contribution in [2.24, 2.45) is 0 Å². The van der Waals surface area contributed by atoms with E-state index in [1.165, 1.54) is 6.33 Å². The van der Waals surface area contributed by atoms with Crippen molar-refractivity contribution in [2.75, 3.05) is 13.2 Å². The first kappa shape index (κ1) is 15.7. The van der Waals surface area contributed by atoms with Gasteiger partial charge in [0.1, 0.15) is 12.7 Å². The maximum atomic E-state index is 12.0. The fourth-order valence-electron chi connectivity index (χ4n) is 2.80. The molecule has 0 amide bonds. The minimum Gasteiger partial charge on any atom is -0.485 e. The van der Waals surface area contributed by atoms with E-state index < -0.39 is 0 Å². The molecular formula is C19H18N2O4. The van der Waals surface area contributed by atoms with Crippen molar-refractivity contribution < 1.29 is 14.2 Å². The quantitative estimate of drug-likeness (QED) is 0.774. The third-order valence-electron chi connectivity index (χ3n) is 4.12. The first-order chi connectivity index (χ1) is 12.3. The van der Waals surface area contributed by atoms with E-state index in [0.29, 0.717) is 42.2 Å². The normalized spacial score (nSPS) is 16.9. The molecule has 2 heterocycles. The van der Waals surface area contributed by atoms with Gasteiger partial charge in [0, 0.05) is 12.5 Å². The van der Waals surface area contributed by atoms with Gasteiger partial charge in [0.25, 0.3) is 5.56 Å². The number of H-pyrrole nitrogens is 1. The molecule has 128 valence electrons. The second kappa shape index (κ2) is 6.94. The van der Waals surface area contributed by atoms with Gasteiger partial charge in [0.2, 0.25) is 0 Å². The Morgan fingerprint density at radius 2 is 2.08 bits per heavy atom. The molecule has 0 saturated carbocycles. The molecule has 1 N–H and O–H groups in total. The van der Waals surface area contributed by atoms with Gasteiger partial charge in [-0.25, -0.2) is 4.98 Å². The zero-order valence-corrected chi connectivity index (χ0v) is 13.6. The molecule has 0 radical (unpaired) electrons. The third kappa shape index (κ3) is 3.49. The smallest absolute Gasteiger partial charge is 0.258 e. The van der Waals surface area contributed by atoms with Gasteiger partial charge in [-0.1, -0.05) is 30.3 Å². The van der Waals surface area contributed by atoms with Gasteiger partial charge in [0.15, 0.2) is 11.5 Å². The van der Waals surface area contributed by atoms with Crippen molar-refractivity contribution in [3.05, 3.63) is 64.7 Å². The van der Waals surface area contributed by atoms with Crippen molar-refractivity contribution in [3.63, 3.8) is 0 Å². The molecule has 1 atom stereocenters. The zero-order chi connectivity index (χ0) is 17.1. The van der Waals surface area contributed by atoms with E-state index in [4.69, 9.17) is 14.2 Å². The molecule has 1 saturated heterocycles. The lowest BCUT2D eigenvalue weighted by molar-refractivity contribution is 0.137. The first-order valence-corrected chi connectivity index (χ1v) is 8.22. The van der Waals surface area contributed by atoms with E-state index in [2.05, 4.69) is 9.97 Å². The predicted molar refractivity (Wildman–Crippen MR) is 93.0 cm³/mol. The fourth-order valence-corrected chi connectivity index (χ4v) is 2.80. The molecule has 1 aliphatic rings. The van der Waals surface area contributed by atoms with E-state index >= 15 is 0 Å². The molecule has 0 bridgehead atoms. The van der Waals surface area contributed by atoms with Crippen molar-refractivity contribution in [2.45, 2.75) is 19.1 Å². The van der Waals surface area contributed by atoms with Crippen molar-refractivity contribution in [1.82, 2.24) is 9.97 Å². The molecule has 6 heteroatoms. The highest BCUT2D eigenvalue weighted by atomic mass is 16.6. The number of benzene rings is 2. The Morgan fingerprint density at radius 1 is 1.20 bits per heavy atom. The lowest BCUT2D eigenvalue weighted by Gasteiger charge is -2.17. The highest BCUT2D eigenvalue weighted by Gasteiger charge is 2.20. The summed E-state index contributed by atoms with van der Waals surface area (Å²) in [7, 11) is 0. The summed E-state index contributed by atoms with van der Waals surface area (Å²) in [5, 5.41) is 0.473. The zero-order valence-electron chi connectivity index (χ0n) is 13.6. The van der Waals surface area contributed by atoms with Crippen LogP contribution in [0, 0.1) is 0 Å². The molecule has 0 spiro atoms. The number of aromatic amines is 1. The number of fused-ring (bicyclic) bond motifs is 1. The minimum absolute atomic E-state index is 0.0153. The average Bonchev–Trinajstić information content (AvgIpc) is 3.14. The van der Waals surface area contributed by atoms with Crippen molar-refractivity contribution in [1.29, 1.82) is 0 Å². The SMILES string of the molecule is O=c1[nH]cnc2cc(O[C@H]3CCOC3)c(OCc3ccccc3)cc12. The van der Waals surface area contributed by atoms with E-state index in [9.17, 15) is 4.79 Å². The van der Waals surface area contributed by atoms with Crippen LogP contribution in [0.25, 0.3) is 10.9 Å². The molecule has 1 aliphatic heterocycles. The van der Waals surface area contributed by atoms with Crippen LogP contribution in [0.3, 0.4) is 0 Å².